The van der Waals surface area contributed by atoms with Crippen molar-refractivity contribution in [1.29, 1.82) is 0 Å². The van der Waals surface area contributed by atoms with Gasteiger partial charge in [-0.2, -0.15) is 0 Å². The molecule has 0 fully saturated rings. The molecule has 0 unspecified atom stereocenters. The zero-order valence-corrected chi connectivity index (χ0v) is 23.1. The van der Waals surface area contributed by atoms with E-state index in [1.165, 1.54) is 11.6 Å². The Labute approximate surface area is 221 Å². The molecule has 0 saturated carbocycles. The van der Waals surface area contributed by atoms with Gasteiger partial charge in [0.05, 0.1) is 6.20 Å². The van der Waals surface area contributed by atoms with Crippen molar-refractivity contribution in [1.82, 2.24) is 20.0 Å². The fourth-order valence-corrected chi connectivity index (χ4v) is 4.50. The first-order valence-electron chi connectivity index (χ1n) is 11.6. The van der Waals surface area contributed by atoms with E-state index >= 15 is 0 Å². The van der Waals surface area contributed by atoms with E-state index in [2.05, 4.69) is 68.3 Å². The average Bonchev–Trinajstić information content (AvgIpc) is 3.50. The van der Waals surface area contributed by atoms with E-state index in [0.717, 1.165) is 36.6 Å². The van der Waals surface area contributed by atoms with Crippen LogP contribution in [0.3, 0.4) is 0 Å². The van der Waals surface area contributed by atoms with Crippen LogP contribution >= 0.6 is 26.0 Å². The van der Waals surface area contributed by atoms with Gasteiger partial charge in [0.1, 0.15) is 35.2 Å². The molecule has 0 N–H and O–H groups in total. The van der Waals surface area contributed by atoms with Gasteiger partial charge in [-0.1, -0.05) is 39.3 Å². The number of aromatic nitrogens is 4. The SMILES string of the molecule is CS(C)(C)c1cn(CCCCc2ccc(OCc3coc(/C=C/c4ccc(Br)cc4F)n3)cc2)nn1. The highest BCUT2D eigenvalue weighted by molar-refractivity contribution is 9.10. The van der Waals surface area contributed by atoms with Gasteiger partial charge in [0.15, 0.2) is 0 Å². The van der Waals surface area contributed by atoms with Crippen LogP contribution in [0, 0.1) is 5.82 Å². The lowest BCUT2D eigenvalue weighted by molar-refractivity contribution is 0.301. The van der Waals surface area contributed by atoms with Gasteiger partial charge in [-0.15, -0.1) is 5.10 Å². The Balaban J connectivity index is 1.20. The topological polar surface area (TPSA) is 66.0 Å². The maximum absolute atomic E-state index is 13.9. The Kier molecular flexibility index (Phi) is 8.64. The van der Waals surface area contributed by atoms with Gasteiger partial charge in [-0.25, -0.2) is 19.4 Å². The molecule has 0 bridgehead atoms. The van der Waals surface area contributed by atoms with Crippen LogP contribution in [0.4, 0.5) is 4.39 Å². The summed E-state index contributed by atoms with van der Waals surface area (Å²) in [6.07, 6.45) is 16.7. The zero-order chi connectivity index (χ0) is 25.5. The second-order valence-electron chi connectivity index (χ2n) is 9.22. The van der Waals surface area contributed by atoms with Gasteiger partial charge in [-0.3, -0.25) is 4.68 Å². The van der Waals surface area contributed by atoms with Crippen molar-refractivity contribution in [2.45, 2.75) is 37.4 Å². The first kappa shape index (κ1) is 26.2. The van der Waals surface area contributed by atoms with Crippen LogP contribution in [0.2, 0.25) is 0 Å². The maximum atomic E-state index is 13.9. The summed E-state index contributed by atoms with van der Waals surface area (Å²) < 4.78 is 27.9. The standard InChI is InChI=1S/C27H30BrFN4O2S/c1-36(2,3)27-17-33(32-31-27)15-5-4-6-20-7-12-24(13-8-20)34-18-23-19-35-26(30-23)14-10-21-9-11-22(28)16-25(21)29/h7-14,16-17,19H,4-6,15,18H2,1-3H3/b14-10+. The van der Waals surface area contributed by atoms with Crippen molar-refractivity contribution in [3.05, 3.63) is 87.9 Å². The van der Waals surface area contributed by atoms with Crippen LogP contribution in [0.1, 0.15) is 35.6 Å². The van der Waals surface area contributed by atoms with Gasteiger partial charge in [0, 0.05) is 22.7 Å². The summed E-state index contributed by atoms with van der Waals surface area (Å²) >= 11 is 3.25. The first-order chi connectivity index (χ1) is 17.3. The average molecular weight is 574 g/mol. The number of halogens is 2. The molecule has 0 amide bonds. The number of hydrogen-bond acceptors (Lipinski definition) is 5. The minimum Gasteiger partial charge on any atom is -0.487 e. The van der Waals surface area contributed by atoms with Crippen LogP contribution in [-0.4, -0.2) is 38.7 Å². The predicted molar refractivity (Wildman–Crippen MR) is 147 cm³/mol. The summed E-state index contributed by atoms with van der Waals surface area (Å²) in [6, 6.07) is 13.0. The van der Waals surface area contributed by atoms with Gasteiger partial charge >= 0.3 is 0 Å². The van der Waals surface area contributed by atoms with Crippen molar-refractivity contribution >= 4 is 38.1 Å². The Bertz CT molecular complexity index is 1310. The van der Waals surface area contributed by atoms with Crippen LogP contribution in [0.15, 0.2) is 68.8 Å². The lowest BCUT2D eigenvalue weighted by Crippen LogP contribution is -2.00. The van der Waals surface area contributed by atoms with Gasteiger partial charge in [-0.05, 0) is 73.9 Å². The fourth-order valence-electron chi connectivity index (χ4n) is 3.45. The summed E-state index contributed by atoms with van der Waals surface area (Å²) in [5.41, 5.74) is 2.40. The predicted octanol–water partition coefficient (Wildman–Crippen LogP) is 6.99. The minimum atomic E-state index is -0.829. The molecule has 190 valence electrons. The van der Waals surface area contributed by atoms with Crippen molar-refractivity contribution in [2.24, 2.45) is 0 Å². The molecule has 4 aromatic rings. The number of rotatable bonds is 11. The van der Waals surface area contributed by atoms with Crippen molar-refractivity contribution in [3.8, 4) is 5.75 Å². The first-order valence-corrected chi connectivity index (χ1v) is 15.3. The molecule has 2 heterocycles. The molecule has 0 aliphatic rings. The number of hydrogen-bond donors (Lipinski definition) is 0. The number of aryl methyl sites for hydroxylation is 2. The molecule has 2 aromatic carbocycles. The number of unbranched alkanes of at least 4 members (excludes halogenated alkanes) is 1. The van der Waals surface area contributed by atoms with Gasteiger partial charge in [0.25, 0.3) is 0 Å². The number of nitrogens with zero attached hydrogens (tertiary/aromatic N) is 4. The molecule has 4 rings (SSSR count). The quantitative estimate of drug-likeness (QED) is 0.181. The zero-order valence-electron chi connectivity index (χ0n) is 20.7. The van der Waals surface area contributed by atoms with Crippen molar-refractivity contribution < 1.29 is 13.5 Å². The molecular formula is C27H30BrFN4O2S. The fraction of sp³-hybridized carbons (Fsp3) is 0.296. The number of benzene rings is 2. The minimum absolute atomic E-state index is 0.291. The second-order valence-corrected chi connectivity index (χ2v) is 14.2. The molecular weight excluding hydrogens is 543 g/mol. The van der Waals surface area contributed by atoms with Gasteiger partial charge < -0.3 is 9.15 Å². The molecule has 0 radical (unpaired) electrons. The molecule has 0 atom stereocenters. The third-order valence-corrected chi connectivity index (χ3v) is 7.43. The molecule has 36 heavy (non-hydrogen) atoms. The highest BCUT2D eigenvalue weighted by Gasteiger charge is 2.12. The van der Waals surface area contributed by atoms with E-state index < -0.39 is 10.0 Å². The largest absolute Gasteiger partial charge is 0.487 e. The van der Waals surface area contributed by atoms with E-state index in [4.69, 9.17) is 9.15 Å². The second kappa shape index (κ2) is 11.9. The number of oxazole rings is 1. The molecule has 0 aliphatic heterocycles. The molecule has 0 spiro atoms. The highest BCUT2D eigenvalue weighted by Crippen LogP contribution is 2.43. The highest BCUT2D eigenvalue weighted by atomic mass is 79.9. The van der Waals surface area contributed by atoms with E-state index in [0.29, 0.717) is 28.2 Å². The maximum Gasteiger partial charge on any atom is 0.218 e. The smallest absolute Gasteiger partial charge is 0.218 e. The van der Waals surface area contributed by atoms with Crippen LogP contribution in [0.5, 0.6) is 5.75 Å². The third kappa shape index (κ3) is 7.54. The Morgan fingerprint density at radius 1 is 1.08 bits per heavy atom. The summed E-state index contributed by atoms with van der Waals surface area (Å²) in [5.74, 6) is 0.855. The summed E-state index contributed by atoms with van der Waals surface area (Å²) in [7, 11) is -0.829. The van der Waals surface area contributed by atoms with Crippen LogP contribution in [-0.2, 0) is 19.6 Å². The van der Waals surface area contributed by atoms with E-state index in [1.54, 1.807) is 30.5 Å². The molecule has 2 aromatic heterocycles. The Hall–Kier alpha value is -2.91. The van der Waals surface area contributed by atoms with Crippen molar-refractivity contribution in [2.75, 3.05) is 18.8 Å². The van der Waals surface area contributed by atoms with Gasteiger partial charge in [0.2, 0.25) is 5.89 Å². The molecule has 0 saturated heterocycles. The van der Waals surface area contributed by atoms with Crippen molar-refractivity contribution in [3.63, 3.8) is 0 Å². The third-order valence-electron chi connectivity index (χ3n) is 5.50. The lowest BCUT2D eigenvalue weighted by atomic mass is 10.1. The van der Waals surface area contributed by atoms with Crippen LogP contribution in [0.25, 0.3) is 12.2 Å². The Morgan fingerprint density at radius 2 is 1.89 bits per heavy atom. The lowest BCUT2D eigenvalue weighted by Gasteiger charge is -2.20. The molecule has 6 nitrogen and oxygen atoms in total. The van der Waals surface area contributed by atoms with E-state index in [1.807, 2.05) is 16.8 Å². The van der Waals surface area contributed by atoms with E-state index in [9.17, 15) is 4.39 Å². The summed E-state index contributed by atoms with van der Waals surface area (Å²) in [5, 5.41) is 9.67. The summed E-state index contributed by atoms with van der Waals surface area (Å²) in [4.78, 5) is 4.37. The normalized spacial score (nSPS) is 12.4. The van der Waals surface area contributed by atoms with E-state index in [-0.39, 0.29) is 5.82 Å². The Morgan fingerprint density at radius 3 is 2.61 bits per heavy atom. The molecule has 9 heteroatoms. The monoisotopic (exact) mass is 572 g/mol. The van der Waals surface area contributed by atoms with Crippen LogP contribution < -0.4 is 4.74 Å². The molecule has 0 aliphatic carbocycles. The number of ether oxygens (including phenoxy) is 1. The summed E-state index contributed by atoms with van der Waals surface area (Å²) in [6.45, 7) is 1.18.